The third kappa shape index (κ3) is 4.98. The molecule has 4 aromatic rings. The second kappa shape index (κ2) is 9.50. The highest BCUT2D eigenvalue weighted by molar-refractivity contribution is 7.15. The zero-order chi connectivity index (χ0) is 21.8. The second-order valence-corrected chi connectivity index (χ2v) is 8.82. The molecule has 4 heterocycles. The number of likely N-dealkylation sites (tertiary alicyclic amines) is 1. The Kier molecular flexibility index (Phi) is 6.13. The van der Waals surface area contributed by atoms with Crippen molar-refractivity contribution in [3.63, 3.8) is 0 Å². The number of hydrogen-bond donors (Lipinski definition) is 1. The summed E-state index contributed by atoms with van der Waals surface area (Å²) in [7, 11) is 0. The lowest BCUT2D eigenvalue weighted by molar-refractivity contribution is 0.0946. The zero-order valence-corrected chi connectivity index (χ0v) is 18.5. The van der Waals surface area contributed by atoms with Crippen LogP contribution in [-0.2, 0) is 13.1 Å². The molecular weight excluding hydrogens is 422 g/mol. The number of carbonyl (C=O) groups is 1. The minimum atomic E-state index is -0.115. The van der Waals surface area contributed by atoms with E-state index in [4.69, 9.17) is 4.74 Å². The molecule has 1 aliphatic rings. The number of piperidine rings is 1. The largest absolute Gasteiger partial charge is 0.490 e. The van der Waals surface area contributed by atoms with E-state index in [1.807, 2.05) is 64.8 Å². The van der Waals surface area contributed by atoms with Crippen LogP contribution in [0.1, 0.15) is 34.6 Å². The number of thiazole rings is 1. The van der Waals surface area contributed by atoms with Gasteiger partial charge in [-0.25, -0.2) is 4.98 Å². The molecule has 0 spiro atoms. The molecule has 1 aromatic carbocycles. The average Bonchev–Trinajstić information content (AvgIpc) is 3.42. The molecular formula is C24H25N5O2S. The molecule has 164 valence electrons. The third-order valence-electron chi connectivity index (χ3n) is 5.64. The number of rotatable bonds is 7. The van der Waals surface area contributed by atoms with Gasteiger partial charge in [-0.3, -0.25) is 19.1 Å². The van der Waals surface area contributed by atoms with Crippen molar-refractivity contribution < 1.29 is 9.53 Å². The van der Waals surface area contributed by atoms with Crippen LogP contribution in [0.4, 0.5) is 0 Å². The molecule has 1 amide bonds. The van der Waals surface area contributed by atoms with Crippen LogP contribution >= 0.6 is 11.3 Å². The molecule has 7 nitrogen and oxygen atoms in total. The van der Waals surface area contributed by atoms with E-state index < -0.39 is 0 Å². The van der Waals surface area contributed by atoms with Gasteiger partial charge < -0.3 is 10.1 Å². The van der Waals surface area contributed by atoms with Gasteiger partial charge in [0.25, 0.3) is 5.91 Å². The number of fused-ring (bicyclic) bond motifs is 1. The van der Waals surface area contributed by atoms with Gasteiger partial charge in [-0.2, -0.15) is 0 Å². The quantitative estimate of drug-likeness (QED) is 0.467. The molecule has 1 N–H and O–H groups in total. The number of nitrogens with zero attached hydrogens (tertiary/aromatic N) is 4. The lowest BCUT2D eigenvalue weighted by atomic mass is 10.1. The molecule has 8 heteroatoms. The van der Waals surface area contributed by atoms with Crippen LogP contribution < -0.4 is 10.1 Å². The van der Waals surface area contributed by atoms with Gasteiger partial charge in [0.2, 0.25) is 0 Å². The molecule has 0 saturated carbocycles. The first-order valence-corrected chi connectivity index (χ1v) is 11.7. The normalized spacial score (nSPS) is 15.1. The maximum atomic E-state index is 12.5. The summed E-state index contributed by atoms with van der Waals surface area (Å²) in [5, 5.41) is 4.92. The fraction of sp³-hybridized carbons (Fsp3) is 0.292. The van der Waals surface area contributed by atoms with E-state index in [-0.39, 0.29) is 12.0 Å². The molecule has 1 fully saturated rings. The van der Waals surface area contributed by atoms with Crippen molar-refractivity contribution >= 4 is 22.2 Å². The van der Waals surface area contributed by atoms with Gasteiger partial charge in [0.15, 0.2) is 4.96 Å². The van der Waals surface area contributed by atoms with Crippen LogP contribution in [0.5, 0.6) is 5.75 Å². The Morgan fingerprint density at radius 1 is 1.12 bits per heavy atom. The van der Waals surface area contributed by atoms with Gasteiger partial charge in [-0.15, -0.1) is 11.3 Å². The second-order valence-electron chi connectivity index (χ2n) is 7.95. The summed E-state index contributed by atoms with van der Waals surface area (Å²) >= 11 is 1.57. The third-order valence-corrected chi connectivity index (χ3v) is 6.41. The summed E-state index contributed by atoms with van der Waals surface area (Å²) in [6.07, 6.45) is 7.90. The average molecular weight is 448 g/mol. The predicted molar refractivity (Wildman–Crippen MR) is 124 cm³/mol. The molecule has 32 heavy (non-hydrogen) atoms. The van der Waals surface area contributed by atoms with Crippen molar-refractivity contribution in [1.29, 1.82) is 0 Å². The topological polar surface area (TPSA) is 71.8 Å². The monoisotopic (exact) mass is 447 g/mol. The smallest absolute Gasteiger partial charge is 0.251 e. The molecule has 3 aromatic heterocycles. The summed E-state index contributed by atoms with van der Waals surface area (Å²) in [6.45, 7) is 3.28. The molecule has 1 saturated heterocycles. The van der Waals surface area contributed by atoms with E-state index >= 15 is 0 Å². The molecule has 0 radical (unpaired) electrons. The fourth-order valence-electron chi connectivity index (χ4n) is 3.92. The number of carbonyl (C=O) groups excluding carboxylic acids is 1. The Morgan fingerprint density at radius 3 is 2.72 bits per heavy atom. The van der Waals surface area contributed by atoms with Gasteiger partial charge in [-0.1, -0.05) is 6.07 Å². The highest BCUT2D eigenvalue weighted by atomic mass is 32.1. The molecule has 0 aliphatic carbocycles. The number of pyridine rings is 1. The Morgan fingerprint density at radius 2 is 1.97 bits per heavy atom. The van der Waals surface area contributed by atoms with Gasteiger partial charge in [0.1, 0.15) is 11.9 Å². The Balaban J connectivity index is 1.08. The molecule has 0 bridgehead atoms. The van der Waals surface area contributed by atoms with Gasteiger partial charge in [0, 0.05) is 49.2 Å². The summed E-state index contributed by atoms with van der Waals surface area (Å²) < 4.78 is 8.12. The lowest BCUT2D eigenvalue weighted by Gasteiger charge is -2.31. The minimum Gasteiger partial charge on any atom is -0.490 e. The number of amides is 1. The number of hydrogen-bond acceptors (Lipinski definition) is 6. The van der Waals surface area contributed by atoms with Crippen LogP contribution in [-0.4, -0.2) is 44.4 Å². The van der Waals surface area contributed by atoms with E-state index in [0.29, 0.717) is 12.1 Å². The molecule has 1 aliphatic heterocycles. The standard InChI is InChI=1S/C24H25N5O2S/c30-23(26-15-20-17-29-13-14-32-24(29)27-20)18-4-6-21(7-5-18)31-22-8-11-28(12-9-22)16-19-3-1-2-10-25-19/h1-7,10,13-14,17,22H,8-9,11-12,15-16H2,(H,26,30). The van der Waals surface area contributed by atoms with Crippen LogP contribution in [0.2, 0.25) is 0 Å². The van der Waals surface area contributed by atoms with Crippen molar-refractivity contribution in [3.8, 4) is 5.75 Å². The van der Waals surface area contributed by atoms with Crippen LogP contribution in [0, 0.1) is 0 Å². The summed E-state index contributed by atoms with van der Waals surface area (Å²) in [6, 6.07) is 13.4. The van der Waals surface area contributed by atoms with Crippen molar-refractivity contribution in [3.05, 3.63) is 83.4 Å². The van der Waals surface area contributed by atoms with Gasteiger partial charge in [-0.05, 0) is 49.2 Å². The zero-order valence-electron chi connectivity index (χ0n) is 17.7. The van der Waals surface area contributed by atoms with E-state index in [2.05, 4.69) is 26.3 Å². The van der Waals surface area contributed by atoms with Crippen LogP contribution in [0.3, 0.4) is 0 Å². The fourth-order valence-corrected chi connectivity index (χ4v) is 4.64. The Hall–Kier alpha value is -3.23. The number of benzene rings is 1. The van der Waals surface area contributed by atoms with E-state index in [0.717, 1.165) is 54.6 Å². The number of imidazole rings is 1. The number of nitrogens with one attached hydrogen (secondary N) is 1. The van der Waals surface area contributed by atoms with E-state index in [1.54, 1.807) is 11.3 Å². The first kappa shape index (κ1) is 20.7. The highest BCUT2D eigenvalue weighted by Gasteiger charge is 2.21. The predicted octanol–water partition coefficient (Wildman–Crippen LogP) is 3.76. The van der Waals surface area contributed by atoms with Gasteiger partial charge in [0.05, 0.1) is 17.9 Å². The van der Waals surface area contributed by atoms with Crippen molar-refractivity contribution in [2.45, 2.75) is 32.0 Å². The number of ether oxygens (including phenoxy) is 1. The summed E-state index contributed by atoms with van der Waals surface area (Å²) in [5.74, 6) is 0.690. The molecule has 0 unspecified atom stereocenters. The highest BCUT2D eigenvalue weighted by Crippen LogP contribution is 2.20. The lowest BCUT2D eigenvalue weighted by Crippen LogP contribution is -2.37. The SMILES string of the molecule is O=C(NCc1cn2ccsc2n1)c1ccc(OC2CCN(Cc3ccccn3)CC2)cc1. The maximum Gasteiger partial charge on any atom is 0.251 e. The van der Waals surface area contributed by atoms with Gasteiger partial charge >= 0.3 is 0 Å². The van der Waals surface area contributed by atoms with Crippen LogP contribution in [0.25, 0.3) is 4.96 Å². The Labute approximate surface area is 190 Å². The summed E-state index contributed by atoms with van der Waals surface area (Å²) in [5.41, 5.74) is 2.57. The maximum absolute atomic E-state index is 12.5. The molecule has 0 atom stereocenters. The number of aromatic nitrogens is 3. The van der Waals surface area contributed by atoms with Crippen molar-refractivity contribution in [1.82, 2.24) is 24.6 Å². The first-order chi connectivity index (χ1) is 15.7. The van der Waals surface area contributed by atoms with E-state index in [9.17, 15) is 4.79 Å². The minimum absolute atomic E-state index is 0.115. The molecule has 5 rings (SSSR count). The summed E-state index contributed by atoms with van der Waals surface area (Å²) in [4.78, 5) is 24.7. The first-order valence-electron chi connectivity index (χ1n) is 10.8. The Bertz CT molecular complexity index is 1140. The van der Waals surface area contributed by atoms with Crippen molar-refractivity contribution in [2.75, 3.05) is 13.1 Å². The van der Waals surface area contributed by atoms with E-state index in [1.165, 1.54) is 0 Å². The van der Waals surface area contributed by atoms with Crippen molar-refractivity contribution in [2.24, 2.45) is 0 Å². The van der Waals surface area contributed by atoms with Crippen LogP contribution in [0.15, 0.2) is 66.4 Å².